The third-order valence-corrected chi connectivity index (χ3v) is 5.29. The van der Waals surface area contributed by atoms with Crippen molar-refractivity contribution in [1.29, 1.82) is 0 Å². The first-order valence-electron chi connectivity index (χ1n) is 6.27. The Morgan fingerprint density at radius 2 is 1.26 bits per heavy atom. The van der Waals surface area contributed by atoms with Crippen LogP contribution < -0.4 is 9.80 Å². The van der Waals surface area contributed by atoms with Gasteiger partial charge in [-0.25, -0.2) is 0 Å². The van der Waals surface area contributed by atoms with Crippen LogP contribution in [-0.4, -0.2) is 33.3 Å². The largest absolute Gasteiger partial charge is 0.356 e. The molecule has 0 aliphatic carbocycles. The Balaban J connectivity index is 2.46. The van der Waals surface area contributed by atoms with Crippen molar-refractivity contribution in [3.05, 3.63) is 24.3 Å². The van der Waals surface area contributed by atoms with E-state index in [0.717, 1.165) is 6.67 Å². The van der Waals surface area contributed by atoms with Gasteiger partial charge in [0.15, 0.2) is 0 Å². The molecule has 0 unspecified atom stereocenters. The molecule has 1 heterocycles. The highest BCUT2D eigenvalue weighted by molar-refractivity contribution is 7.99. The molecule has 3 rings (SSSR count). The molecule has 0 spiro atoms. The quantitative estimate of drug-likeness (QED) is 0.767. The van der Waals surface area contributed by atoms with Gasteiger partial charge in [-0.3, -0.25) is 0 Å². The summed E-state index contributed by atoms with van der Waals surface area (Å²) >= 11 is 3.66. The maximum atomic E-state index is 2.32. The maximum absolute atomic E-state index is 2.32. The lowest BCUT2D eigenvalue weighted by atomic mass is 10.0. The molecule has 2 aromatic rings. The lowest BCUT2D eigenvalue weighted by Crippen LogP contribution is -2.36. The van der Waals surface area contributed by atoms with Crippen LogP contribution in [0.5, 0.6) is 0 Å². The number of hydrogen-bond donors (Lipinski definition) is 0. The molecule has 1 aliphatic rings. The molecule has 0 fully saturated rings. The van der Waals surface area contributed by atoms with Crippen LogP contribution in [0.2, 0.25) is 0 Å². The van der Waals surface area contributed by atoms with Gasteiger partial charge < -0.3 is 9.80 Å². The van der Waals surface area contributed by atoms with Gasteiger partial charge >= 0.3 is 0 Å². The van der Waals surface area contributed by atoms with Gasteiger partial charge in [-0.1, -0.05) is 0 Å². The Hall–Kier alpha value is -1.00. The Morgan fingerprint density at radius 1 is 0.789 bits per heavy atom. The summed E-state index contributed by atoms with van der Waals surface area (Å²) in [6.45, 7) is 0.944. The number of anilines is 2. The van der Waals surface area contributed by atoms with Gasteiger partial charge in [0.1, 0.15) is 0 Å². The monoisotopic (exact) mass is 290 g/mol. The van der Waals surface area contributed by atoms with E-state index in [1.807, 2.05) is 23.5 Å². The van der Waals surface area contributed by atoms with Crippen molar-refractivity contribution in [3.8, 4) is 0 Å². The van der Waals surface area contributed by atoms with Crippen molar-refractivity contribution in [1.82, 2.24) is 0 Å². The fourth-order valence-electron chi connectivity index (χ4n) is 2.84. The second-order valence-electron chi connectivity index (χ2n) is 4.86. The van der Waals surface area contributed by atoms with Gasteiger partial charge in [-0.2, -0.15) is 0 Å². The summed E-state index contributed by atoms with van der Waals surface area (Å²) in [5, 5.41) is 2.81. The molecule has 0 atom stereocenters. The Morgan fingerprint density at radius 3 is 1.68 bits per heavy atom. The maximum Gasteiger partial charge on any atom is 0.0897 e. The molecule has 0 N–H and O–H groups in total. The molecule has 100 valence electrons. The average Bonchev–Trinajstić information content (AvgIpc) is 2.43. The Kier molecular flexibility index (Phi) is 3.31. The second kappa shape index (κ2) is 4.84. The molecule has 0 saturated heterocycles. The van der Waals surface area contributed by atoms with E-state index < -0.39 is 0 Å². The lowest BCUT2D eigenvalue weighted by Gasteiger charge is -2.36. The first-order chi connectivity index (χ1) is 9.17. The van der Waals surface area contributed by atoms with Crippen LogP contribution in [0.4, 0.5) is 11.4 Å². The van der Waals surface area contributed by atoms with E-state index in [1.54, 1.807) is 0 Å². The average molecular weight is 290 g/mol. The summed E-state index contributed by atoms with van der Waals surface area (Å²) in [4.78, 5) is 7.38. The van der Waals surface area contributed by atoms with Crippen LogP contribution >= 0.6 is 23.5 Å². The molecule has 2 nitrogen and oxygen atoms in total. The fourth-order valence-corrected chi connectivity index (χ4v) is 4.15. The van der Waals surface area contributed by atoms with Crippen molar-refractivity contribution < 1.29 is 0 Å². The first-order valence-corrected chi connectivity index (χ1v) is 8.72. The third kappa shape index (κ3) is 1.89. The molecule has 0 radical (unpaired) electrons. The second-order valence-corrected chi connectivity index (χ2v) is 6.56. The summed E-state index contributed by atoms with van der Waals surface area (Å²) in [6.07, 6.45) is 4.31. The molecule has 0 saturated carbocycles. The molecule has 4 heteroatoms. The van der Waals surface area contributed by atoms with Gasteiger partial charge in [0.25, 0.3) is 0 Å². The number of thioether (sulfide) groups is 2. The topological polar surface area (TPSA) is 6.48 Å². The minimum absolute atomic E-state index is 0.944. The van der Waals surface area contributed by atoms with E-state index in [0.29, 0.717) is 0 Å². The molecule has 0 aromatic heterocycles. The zero-order chi connectivity index (χ0) is 13.6. The molecule has 0 amide bonds. The van der Waals surface area contributed by atoms with Crippen LogP contribution in [0.15, 0.2) is 34.1 Å². The molecule has 1 aliphatic heterocycles. The van der Waals surface area contributed by atoms with Crippen LogP contribution in [0, 0.1) is 0 Å². The minimum Gasteiger partial charge on any atom is -0.356 e. The number of hydrogen-bond acceptors (Lipinski definition) is 4. The summed E-state index contributed by atoms with van der Waals surface area (Å²) < 4.78 is 0. The zero-order valence-electron chi connectivity index (χ0n) is 11.7. The van der Waals surface area contributed by atoms with Crippen LogP contribution in [0.3, 0.4) is 0 Å². The fraction of sp³-hybridized carbons (Fsp3) is 0.333. The van der Waals surface area contributed by atoms with Gasteiger partial charge in [-0.05, 0) is 36.8 Å². The summed E-state index contributed by atoms with van der Waals surface area (Å²) in [5.41, 5.74) is 2.69. The summed E-state index contributed by atoms with van der Waals surface area (Å²) in [7, 11) is 4.33. The molecule has 19 heavy (non-hydrogen) atoms. The first kappa shape index (κ1) is 13.0. The highest BCUT2D eigenvalue weighted by atomic mass is 32.2. The predicted octanol–water partition coefficient (Wildman–Crippen LogP) is 4.13. The van der Waals surface area contributed by atoms with Gasteiger partial charge in [0.05, 0.1) is 6.67 Å². The SMILES string of the molecule is CSc1ccc2c3c(ccc(SC)c13)N(C)CN2C. The van der Waals surface area contributed by atoms with E-state index in [4.69, 9.17) is 0 Å². The van der Waals surface area contributed by atoms with E-state index in [-0.39, 0.29) is 0 Å². The van der Waals surface area contributed by atoms with Crippen molar-refractivity contribution >= 4 is 45.7 Å². The van der Waals surface area contributed by atoms with Crippen molar-refractivity contribution in [2.45, 2.75) is 9.79 Å². The lowest BCUT2D eigenvalue weighted by molar-refractivity contribution is 0.846. The standard InChI is InChI=1S/C15H18N2S2/c1-16-9-17(2)11-6-8-13(19-4)15-12(18-3)7-5-10(16)14(11)15/h5-8H,9H2,1-4H3. The predicted molar refractivity (Wildman–Crippen MR) is 89.2 cm³/mol. The van der Waals surface area contributed by atoms with Gasteiger partial charge in [0.2, 0.25) is 0 Å². The van der Waals surface area contributed by atoms with E-state index in [9.17, 15) is 0 Å². The molecule has 0 bridgehead atoms. The molecular formula is C15H18N2S2. The van der Waals surface area contributed by atoms with Gasteiger partial charge in [0, 0.05) is 46.0 Å². The molecular weight excluding hydrogens is 272 g/mol. The Bertz CT molecular complexity index is 589. The van der Waals surface area contributed by atoms with E-state index in [2.05, 4.69) is 60.7 Å². The van der Waals surface area contributed by atoms with Crippen molar-refractivity contribution in [3.63, 3.8) is 0 Å². The van der Waals surface area contributed by atoms with Crippen LogP contribution in [0.25, 0.3) is 10.8 Å². The smallest absolute Gasteiger partial charge is 0.0897 e. The third-order valence-electron chi connectivity index (χ3n) is 3.73. The zero-order valence-corrected chi connectivity index (χ0v) is 13.4. The number of rotatable bonds is 2. The minimum atomic E-state index is 0.944. The highest BCUT2D eigenvalue weighted by Crippen LogP contribution is 2.45. The number of nitrogens with zero attached hydrogens (tertiary/aromatic N) is 2. The van der Waals surface area contributed by atoms with Crippen molar-refractivity contribution in [2.24, 2.45) is 0 Å². The number of benzene rings is 2. The van der Waals surface area contributed by atoms with Crippen LogP contribution in [0.1, 0.15) is 0 Å². The Labute approximate surface area is 123 Å². The normalized spacial score (nSPS) is 14.3. The molecule has 2 aromatic carbocycles. The van der Waals surface area contributed by atoms with E-state index in [1.165, 1.54) is 31.9 Å². The van der Waals surface area contributed by atoms with Crippen LogP contribution in [-0.2, 0) is 0 Å². The highest BCUT2D eigenvalue weighted by Gasteiger charge is 2.22. The summed E-state index contributed by atoms with van der Waals surface area (Å²) in [6, 6.07) is 9.03. The van der Waals surface area contributed by atoms with E-state index >= 15 is 0 Å². The van der Waals surface area contributed by atoms with Gasteiger partial charge in [-0.15, -0.1) is 23.5 Å². The summed E-state index contributed by atoms with van der Waals surface area (Å²) in [5.74, 6) is 0. The van der Waals surface area contributed by atoms with Crippen molar-refractivity contribution in [2.75, 3.05) is 43.1 Å².